The van der Waals surface area contributed by atoms with E-state index in [0.717, 1.165) is 53.3 Å². The maximum Gasteiger partial charge on any atom is 0.409 e. The Balaban J connectivity index is 1.75. The summed E-state index contributed by atoms with van der Waals surface area (Å²) in [5.41, 5.74) is 4.05. The molecular formula is C28H38N6O5. The van der Waals surface area contributed by atoms with E-state index in [9.17, 15) is 9.90 Å². The number of piperidine rings is 1. The van der Waals surface area contributed by atoms with Crippen LogP contribution < -0.4 is 15.0 Å². The molecule has 1 aliphatic heterocycles. The largest absolute Gasteiger partial charge is 0.491 e. The first-order chi connectivity index (χ1) is 18.7. The van der Waals surface area contributed by atoms with Gasteiger partial charge in [0.15, 0.2) is 5.82 Å². The van der Waals surface area contributed by atoms with Gasteiger partial charge >= 0.3 is 6.09 Å². The average molecular weight is 539 g/mol. The highest BCUT2D eigenvalue weighted by Crippen LogP contribution is 2.36. The number of amides is 1. The van der Waals surface area contributed by atoms with Crippen molar-refractivity contribution < 1.29 is 23.9 Å². The van der Waals surface area contributed by atoms with Gasteiger partial charge in [-0.05, 0) is 52.8 Å². The van der Waals surface area contributed by atoms with Gasteiger partial charge < -0.3 is 34.2 Å². The Kier molecular flexibility index (Phi) is 9.03. The number of aryl methyl sites for hydroxylation is 2. The summed E-state index contributed by atoms with van der Waals surface area (Å²) >= 11 is 0. The molecular weight excluding hydrogens is 500 g/mol. The lowest BCUT2D eigenvalue weighted by molar-refractivity contribution is 0.108. The molecule has 1 fully saturated rings. The lowest BCUT2D eigenvalue weighted by Gasteiger charge is -2.38. The van der Waals surface area contributed by atoms with Crippen LogP contribution in [0.4, 0.5) is 10.6 Å². The van der Waals surface area contributed by atoms with Gasteiger partial charge in [0.2, 0.25) is 0 Å². The minimum atomic E-state index is -0.623. The van der Waals surface area contributed by atoms with Crippen molar-refractivity contribution in [2.24, 2.45) is 0 Å². The van der Waals surface area contributed by atoms with Gasteiger partial charge in [-0.15, -0.1) is 0 Å². The van der Waals surface area contributed by atoms with Crippen LogP contribution in [0.15, 0.2) is 28.8 Å². The van der Waals surface area contributed by atoms with E-state index in [2.05, 4.69) is 15.4 Å². The topological polar surface area (TPSA) is 126 Å². The van der Waals surface area contributed by atoms with Gasteiger partial charge in [-0.2, -0.15) is 0 Å². The van der Waals surface area contributed by atoms with Crippen molar-refractivity contribution in [3.63, 3.8) is 0 Å². The number of hydrogen-bond donors (Lipinski definition) is 2. The SMILES string of the molecule is CNCC(O)COc1cccc(-c2nc(-c3c(C)noc3C)c(C)c(N3CCC[C@H](N(C)C(=O)OC)C3)n2)c1. The first-order valence-corrected chi connectivity index (χ1v) is 13.2. The molecule has 11 heteroatoms. The van der Waals surface area contributed by atoms with Gasteiger partial charge in [-0.25, -0.2) is 14.8 Å². The van der Waals surface area contributed by atoms with Crippen LogP contribution >= 0.6 is 0 Å². The Labute approximate surface area is 229 Å². The maximum atomic E-state index is 12.2. The number of carbonyl (C=O) groups excluding carboxylic acids is 1. The van der Waals surface area contributed by atoms with Crippen molar-refractivity contribution >= 4 is 11.9 Å². The second kappa shape index (κ2) is 12.4. The Hall–Kier alpha value is -3.70. The number of aliphatic hydroxyl groups is 1. The van der Waals surface area contributed by atoms with Crippen molar-refractivity contribution in [3.8, 4) is 28.4 Å². The zero-order valence-corrected chi connectivity index (χ0v) is 23.5. The number of benzene rings is 1. The molecule has 0 radical (unpaired) electrons. The van der Waals surface area contributed by atoms with E-state index in [1.54, 1.807) is 19.0 Å². The molecule has 1 aromatic carbocycles. The molecule has 39 heavy (non-hydrogen) atoms. The van der Waals surface area contributed by atoms with Crippen LogP contribution in [0.3, 0.4) is 0 Å². The lowest BCUT2D eigenvalue weighted by atomic mass is 10.0. The smallest absolute Gasteiger partial charge is 0.409 e. The van der Waals surface area contributed by atoms with Crippen molar-refractivity contribution in [2.45, 2.75) is 45.8 Å². The minimum absolute atomic E-state index is 0.00713. The molecule has 1 saturated heterocycles. The van der Waals surface area contributed by atoms with Crippen molar-refractivity contribution in [1.29, 1.82) is 0 Å². The van der Waals surface area contributed by atoms with Crippen molar-refractivity contribution in [3.05, 3.63) is 41.3 Å². The van der Waals surface area contributed by atoms with E-state index in [1.807, 2.05) is 45.0 Å². The standard InChI is InChI=1S/C28H38N6O5/c1-17-25(24-18(2)32-39-19(24)3)30-26(20-9-7-11-23(13-20)38-16-22(35)14-29-4)31-27(17)34-12-8-10-21(15-34)33(5)28(36)37-6/h7,9,11,13,21-22,29,35H,8,10,12,14-16H2,1-6H3/t21-,22?/m0/s1. The minimum Gasteiger partial charge on any atom is -0.491 e. The Bertz CT molecular complexity index is 1280. The van der Waals surface area contributed by atoms with Gasteiger partial charge in [-0.3, -0.25) is 0 Å². The molecule has 3 aromatic rings. The summed E-state index contributed by atoms with van der Waals surface area (Å²) in [7, 11) is 4.95. The van der Waals surface area contributed by atoms with Crippen LogP contribution in [0, 0.1) is 20.8 Å². The molecule has 2 atom stereocenters. The summed E-state index contributed by atoms with van der Waals surface area (Å²) in [6, 6.07) is 7.54. The molecule has 2 N–H and O–H groups in total. The number of methoxy groups -OCH3 is 1. The number of nitrogens with one attached hydrogen (secondary N) is 1. The third kappa shape index (κ3) is 6.31. The van der Waals surface area contributed by atoms with Crippen LogP contribution in [0.25, 0.3) is 22.6 Å². The molecule has 0 saturated carbocycles. The number of rotatable bonds is 9. The number of aliphatic hydroxyl groups excluding tert-OH is 1. The third-order valence-electron chi connectivity index (χ3n) is 7.07. The summed E-state index contributed by atoms with van der Waals surface area (Å²) in [5.74, 6) is 2.64. The van der Waals surface area contributed by atoms with Gasteiger partial charge in [0.25, 0.3) is 0 Å². The summed E-state index contributed by atoms with van der Waals surface area (Å²) in [6.07, 6.45) is 0.815. The molecule has 210 valence electrons. The molecule has 11 nitrogen and oxygen atoms in total. The Morgan fingerprint density at radius 3 is 2.79 bits per heavy atom. The predicted octanol–water partition coefficient (Wildman–Crippen LogP) is 3.35. The maximum absolute atomic E-state index is 12.2. The quantitative estimate of drug-likeness (QED) is 0.419. The van der Waals surface area contributed by atoms with E-state index < -0.39 is 6.10 Å². The molecule has 0 bridgehead atoms. The number of nitrogens with zero attached hydrogens (tertiary/aromatic N) is 5. The molecule has 0 aliphatic carbocycles. The lowest BCUT2D eigenvalue weighted by Crippen LogP contribution is -2.49. The monoisotopic (exact) mass is 538 g/mol. The van der Waals surface area contributed by atoms with Crippen LogP contribution in [0.1, 0.15) is 29.9 Å². The summed E-state index contributed by atoms with van der Waals surface area (Å²) in [6.45, 7) is 7.82. The van der Waals surface area contributed by atoms with Crippen molar-refractivity contribution in [2.75, 3.05) is 52.3 Å². The number of anilines is 1. The zero-order valence-electron chi connectivity index (χ0n) is 23.5. The molecule has 4 rings (SSSR count). The summed E-state index contributed by atoms with van der Waals surface area (Å²) < 4.78 is 16.3. The number of hydrogen-bond acceptors (Lipinski definition) is 10. The van der Waals surface area contributed by atoms with Crippen LogP contribution in [-0.4, -0.2) is 90.8 Å². The second-order valence-electron chi connectivity index (χ2n) is 9.92. The molecule has 0 spiro atoms. The molecule has 1 amide bonds. The average Bonchev–Trinajstić information content (AvgIpc) is 3.28. The van der Waals surface area contributed by atoms with Gasteiger partial charge in [0.1, 0.15) is 30.0 Å². The fourth-order valence-corrected chi connectivity index (χ4v) is 4.97. The first kappa shape index (κ1) is 28.3. The number of likely N-dealkylation sites (N-methyl/N-ethyl adjacent to an activating group) is 2. The predicted molar refractivity (Wildman–Crippen MR) is 148 cm³/mol. The summed E-state index contributed by atoms with van der Waals surface area (Å²) in [5, 5.41) is 17.1. The van der Waals surface area contributed by atoms with Crippen LogP contribution in [0.5, 0.6) is 5.75 Å². The number of carbonyl (C=O) groups is 1. The first-order valence-electron chi connectivity index (χ1n) is 13.2. The van der Waals surface area contributed by atoms with E-state index >= 15 is 0 Å². The van der Waals surface area contributed by atoms with Crippen LogP contribution in [0.2, 0.25) is 0 Å². The fraction of sp³-hybridized carbons (Fsp3) is 0.500. The highest BCUT2D eigenvalue weighted by molar-refractivity contribution is 5.75. The number of ether oxygens (including phenoxy) is 2. The van der Waals surface area contributed by atoms with E-state index in [1.165, 1.54) is 7.11 Å². The molecule has 1 aliphatic rings. The second-order valence-corrected chi connectivity index (χ2v) is 9.92. The highest BCUT2D eigenvalue weighted by Gasteiger charge is 2.30. The fourth-order valence-electron chi connectivity index (χ4n) is 4.97. The van der Waals surface area contributed by atoms with E-state index in [0.29, 0.717) is 30.4 Å². The highest BCUT2D eigenvalue weighted by atomic mass is 16.5. The summed E-state index contributed by atoms with van der Waals surface area (Å²) in [4.78, 5) is 26.1. The molecule has 2 aromatic heterocycles. The van der Waals surface area contributed by atoms with Gasteiger partial charge in [0, 0.05) is 37.8 Å². The van der Waals surface area contributed by atoms with Crippen LogP contribution in [-0.2, 0) is 4.74 Å². The molecule has 1 unspecified atom stereocenters. The Morgan fingerprint density at radius 2 is 2.10 bits per heavy atom. The molecule has 3 heterocycles. The van der Waals surface area contributed by atoms with Gasteiger partial charge in [0.05, 0.1) is 30.1 Å². The van der Waals surface area contributed by atoms with Crippen molar-refractivity contribution in [1.82, 2.24) is 25.3 Å². The Morgan fingerprint density at radius 1 is 1.31 bits per heavy atom. The normalized spacial score (nSPS) is 16.2. The zero-order chi connectivity index (χ0) is 28.1. The third-order valence-corrected chi connectivity index (χ3v) is 7.07. The number of aromatic nitrogens is 3. The van der Waals surface area contributed by atoms with Gasteiger partial charge in [-0.1, -0.05) is 17.3 Å². The van der Waals surface area contributed by atoms with E-state index in [-0.39, 0.29) is 18.7 Å². The van der Waals surface area contributed by atoms with E-state index in [4.69, 9.17) is 24.0 Å².